The number of benzene rings is 2. The molecule has 0 saturated heterocycles. The molecule has 0 amide bonds. The van der Waals surface area contributed by atoms with Crippen molar-refractivity contribution in [2.75, 3.05) is 24.6 Å². The first-order valence-corrected chi connectivity index (χ1v) is 16.2. The number of ether oxygens (including phenoxy) is 1. The summed E-state index contributed by atoms with van der Waals surface area (Å²) < 4.78 is 6.38. The van der Waals surface area contributed by atoms with E-state index in [-0.39, 0.29) is 5.92 Å². The lowest BCUT2D eigenvalue weighted by atomic mass is 9.61. The van der Waals surface area contributed by atoms with Crippen molar-refractivity contribution < 1.29 is 14.6 Å². The van der Waals surface area contributed by atoms with E-state index in [1.54, 1.807) is 11.6 Å². The van der Waals surface area contributed by atoms with E-state index in [1.807, 2.05) is 18.2 Å². The normalized spacial score (nSPS) is 26.5. The molecule has 6 unspecified atom stereocenters. The number of rotatable bonds is 11. The van der Waals surface area contributed by atoms with E-state index in [9.17, 15) is 9.90 Å². The highest BCUT2D eigenvalue weighted by atomic mass is 35.5. The third kappa shape index (κ3) is 6.50. The zero-order valence-electron chi connectivity index (χ0n) is 23.9. The number of aryl methyl sites for hydroxylation is 1. The monoisotopic (exact) mass is 582 g/mol. The molecule has 40 heavy (non-hydrogen) atoms. The quantitative estimate of drug-likeness (QED) is 0.207. The van der Waals surface area contributed by atoms with Crippen molar-refractivity contribution in [2.24, 2.45) is 28.8 Å². The van der Waals surface area contributed by atoms with Crippen LogP contribution in [0.3, 0.4) is 0 Å². The molecule has 5 nitrogen and oxygen atoms in total. The van der Waals surface area contributed by atoms with E-state index in [4.69, 9.17) is 21.5 Å². The van der Waals surface area contributed by atoms with E-state index >= 15 is 0 Å². The van der Waals surface area contributed by atoms with E-state index in [1.165, 1.54) is 42.3 Å². The Bertz CT molecular complexity index is 1250. The summed E-state index contributed by atoms with van der Waals surface area (Å²) in [6.45, 7) is 9.07. The molecule has 0 bridgehead atoms. The van der Waals surface area contributed by atoms with E-state index < -0.39 is 5.97 Å². The molecule has 2 aliphatic carbocycles. The summed E-state index contributed by atoms with van der Waals surface area (Å²) in [5, 5.41) is 16.8. The fourth-order valence-electron chi connectivity index (χ4n) is 7.13. The number of carboxylic acid groups (broad SMARTS) is 1. The summed E-state index contributed by atoms with van der Waals surface area (Å²) in [6, 6.07) is 11.5. The van der Waals surface area contributed by atoms with Gasteiger partial charge in [0.15, 0.2) is 0 Å². The van der Waals surface area contributed by atoms with Crippen LogP contribution in [0.25, 0.3) is 0 Å². The number of hydrogen-bond acceptors (Lipinski definition) is 5. The van der Waals surface area contributed by atoms with Crippen LogP contribution in [-0.2, 0) is 6.42 Å². The summed E-state index contributed by atoms with van der Waals surface area (Å²) in [6.07, 6.45) is 9.28. The predicted octanol–water partition coefficient (Wildman–Crippen LogP) is 7.97. The van der Waals surface area contributed by atoms with Gasteiger partial charge in [-0.05, 0) is 97.2 Å². The standard InChI is InChI=1S/C33H43ClN2O3S/c1-4-5-24-15-28(34)7-8-29(24)27-18-36(31-16-25(33(37)38)6-9-32(31)39-19-27)17-26-10-20(2)30(26)14-23-12-22(13-23)11-21(3)40-35/h6-9,12,15-16,20-22,26-27,30H,4-5,10-11,13-14,17-19,35H2,1-3H3,(H,37,38). The number of carboxylic acids is 1. The van der Waals surface area contributed by atoms with Gasteiger partial charge in [-0.1, -0.05) is 68.5 Å². The number of allylic oxidation sites excluding steroid dienone is 2. The van der Waals surface area contributed by atoms with Crippen LogP contribution in [0.4, 0.5) is 5.69 Å². The second kappa shape index (κ2) is 12.8. The smallest absolute Gasteiger partial charge is 0.335 e. The summed E-state index contributed by atoms with van der Waals surface area (Å²) in [5.41, 5.74) is 5.39. The van der Waals surface area contributed by atoms with Crippen molar-refractivity contribution in [1.29, 1.82) is 0 Å². The minimum absolute atomic E-state index is 0.174. The van der Waals surface area contributed by atoms with Gasteiger partial charge >= 0.3 is 5.97 Å². The Hall–Kier alpha value is -2.15. The number of carbonyl (C=O) groups is 1. The van der Waals surface area contributed by atoms with Gasteiger partial charge in [0, 0.05) is 29.3 Å². The summed E-state index contributed by atoms with van der Waals surface area (Å²) in [7, 11) is 0. The predicted molar refractivity (Wildman–Crippen MR) is 167 cm³/mol. The van der Waals surface area contributed by atoms with Gasteiger partial charge in [-0.25, -0.2) is 4.79 Å². The number of anilines is 1. The lowest BCUT2D eigenvalue weighted by molar-refractivity contribution is 0.0697. The molecular formula is C33H43ClN2O3S. The van der Waals surface area contributed by atoms with Crippen LogP contribution in [0.15, 0.2) is 48.0 Å². The third-order valence-electron chi connectivity index (χ3n) is 9.32. The highest BCUT2D eigenvalue weighted by Gasteiger charge is 2.41. The van der Waals surface area contributed by atoms with Gasteiger partial charge in [0.05, 0.1) is 17.9 Å². The minimum atomic E-state index is -0.907. The molecule has 3 N–H and O–H groups in total. The van der Waals surface area contributed by atoms with Crippen LogP contribution < -0.4 is 14.8 Å². The molecule has 1 fully saturated rings. The molecule has 216 valence electrons. The molecule has 7 heteroatoms. The van der Waals surface area contributed by atoms with Crippen molar-refractivity contribution in [3.8, 4) is 5.75 Å². The van der Waals surface area contributed by atoms with Crippen LogP contribution >= 0.6 is 23.5 Å². The Kier molecular flexibility index (Phi) is 9.38. The van der Waals surface area contributed by atoms with Crippen LogP contribution in [0, 0.1) is 23.7 Å². The number of aromatic carboxylic acids is 1. The lowest BCUT2D eigenvalue weighted by Crippen LogP contribution is -2.44. The van der Waals surface area contributed by atoms with Gasteiger partial charge in [-0.2, -0.15) is 0 Å². The van der Waals surface area contributed by atoms with Crippen molar-refractivity contribution in [1.82, 2.24) is 0 Å². The van der Waals surface area contributed by atoms with Gasteiger partial charge in [0.2, 0.25) is 0 Å². The van der Waals surface area contributed by atoms with Crippen molar-refractivity contribution in [2.45, 2.75) is 70.5 Å². The Labute approximate surface area is 248 Å². The molecule has 6 atom stereocenters. The molecule has 1 heterocycles. The number of fused-ring (bicyclic) bond motifs is 1. The minimum Gasteiger partial charge on any atom is -0.491 e. The number of halogens is 1. The molecular weight excluding hydrogens is 540 g/mol. The Morgan fingerprint density at radius 3 is 2.77 bits per heavy atom. The number of nitrogens with zero attached hydrogens (tertiary/aromatic N) is 1. The molecule has 2 aromatic carbocycles. The first-order valence-electron chi connectivity index (χ1n) is 14.8. The molecule has 0 spiro atoms. The van der Waals surface area contributed by atoms with Crippen LogP contribution in [0.5, 0.6) is 5.75 Å². The Morgan fingerprint density at radius 2 is 2.08 bits per heavy atom. The van der Waals surface area contributed by atoms with E-state index in [2.05, 4.69) is 43.9 Å². The highest BCUT2D eigenvalue weighted by Crippen LogP contribution is 2.48. The van der Waals surface area contributed by atoms with Crippen LogP contribution in [0.2, 0.25) is 5.02 Å². The summed E-state index contributed by atoms with van der Waals surface area (Å²) >= 11 is 7.85. The topological polar surface area (TPSA) is 75.8 Å². The molecule has 0 radical (unpaired) electrons. The van der Waals surface area contributed by atoms with E-state index in [0.717, 1.165) is 48.8 Å². The second-order valence-corrected chi connectivity index (χ2v) is 13.8. The van der Waals surface area contributed by atoms with Crippen LogP contribution in [-0.4, -0.2) is 36.0 Å². The Balaban J connectivity index is 1.37. The Morgan fingerprint density at radius 1 is 1.27 bits per heavy atom. The lowest BCUT2D eigenvalue weighted by Gasteiger charge is -2.47. The molecule has 1 saturated carbocycles. The maximum absolute atomic E-state index is 11.9. The van der Waals surface area contributed by atoms with Crippen LogP contribution in [0.1, 0.15) is 80.3 Å². The number of nitrogens with two attached hydrogens (primary N) is 1. The van der Waals surface area contributed by atoms with Crippen molar-refractivity contribution in [3.05, 3.63) is 69.8 Å². The number of hydrogen-bond donors (Lipinski definition) is 2. The van der Waals surface area contributed by atoms with Gasteiger partial charge in [0.25, 0.3) is 0 Å². The van der Waals surface area contributed by atoms with E-state index in [0.29, 0.717) is 41.1 Å². The summed E-state index contributed by atoms with van der Waals surface area (Å²) in [4.78, 5) is 14.3. The third-order valence-corrected chi connectivity index (χ3v) is 10.2. The average molecular weight is 583 g/mol. The maximum Gasteiger partial charge on any atom is 0.335 e. The van der Waals surface area contributed by atoms with Gasteiger partial charge < -0.3 is 14.7 Å². The highest BCUT2D eigenvalue weighted by molar-refractivity contribution is 7.97. The SMILES string of the molecule is CCCc1cc(Cl)ccc1C1COc2ccc(C(=O)O)cc2N(CC2CC(C)C2CC2=CC(CC(C)SN)C2)C1. The molecule has 0 aromatic heterocycles. The average Bonchev–Trinajstić information content (AvgIpc) is 3.08. The molecule has 5 rings (SSSR count). The molecule has 2 aromatic rings. The fourth-order valence-corrected chi connectivity index (χ4v) is 7.68. The van der Waals surface area contributed by atoms with Crippen molar-refractivity contribution >= 4 is 35.2 Å². The van der Waals surface area contributed by atoms with Crippen molar-refractivity contribution in [3.63, 3.8) is 0 Å². The zero-order chi connectivity index (χ0) is 28.4. The first kappa shape index (κ1) is 29.3. The van der Waals surface area contributed by atoms with Gasteiger partial charge in [-0.3, -0.25) is 5.14 Å². The largest absolute Gasteiger partial charge is 0.491 e. The summed E-state index contributed by atoms with van der Waals surface area (Å²) in [5.74, 6) is 2.67. The molecule has 3 aliphatic rings. The maximum atomic E-state index is 11.9. The zero-order valence-corrected chi connectivity index (χ0v) is 25.5. The van der Waals surface area contributed by atoms with Gasteiger partial charge in [-0.15, -0.1) is 0 Å². The molecule has 1 aliphatic heterocycles. The fraction of sp³-hybridized carbons (Fsp3) is 0.545. The second-order valence-electron chi connectivity index (χ2n) is 12.3. The first-order chi connectivity index (χ1) is 19.2. The van der Waals surface area contributed by atoms with Gasteiger partial charge in [0.1, 0.15) is 5.75 Å².